The van der Waals surface area contributed by atoms with Gasteiger partial charge >= 0.3 is 0 Å². The number of rotatable bonds is 5. The number of likely N-dealkylation sites (N-methyl/N-ethyl adjacent to an activating group) is 1. The number of aryl methyl sites for hydroxylation is 1. The van der Waals surface area contributed by atoms with Gasteiger partial charge in [0, 0.05) is 44.7 Å². The summed E-state index contributed by atoms with van der Waals surface area (Å²) in [5.41, 5.74) is 1.59. The molecule has 2 aliphatic rings. The number of aromatic nitrogens is 6. The predicted molar refractivity (Wildman–Crippen MR) is 104 cm³/mol. The smallest absolute Gasteiger partial charge is 0.253 e. The Morgan fingerprint density at radius 3 is 2.75 bits per heavy atom. The van der Waals surface area contributed by atoms with Gasteiger partial charge in [-0.15, -0.1) is 15.3 Å². The minimum atomic E-state index is -0.0256. The van der Waals surface area contributed by atoms with Crippen molar-refractivity contribution in [2.75, 3.05) is 25.0 Å². The summed E-state index contributed by atoms with van der Waals surface area (Å²) in [5, 5.41) is 13.4. The molecule has 3 aromatic heterocycles. The van der Waals surface area contributed by atoms with Gasteiger partial charge in [-0.25, -0.2) is 4.98 Å². The number of fused-ring (bicyclic) bond motifs is 1. The number of hydrogen-bond donors (Lipinski definition) is 0. The third-order valence-corrected chi connectivity index (χ3v) is 6.00. The van der Waals surface area contributed by atoms with Gasteiger partial charge < -0.3 is 9.47 Å². The van der Waals surface area contributed by atoms with Gasteiger partial charge in [-0.2, -0.15) is 4.52 Å². The van der Waals surface area contributed by atoms with Crippen LogP contribution in [0, 0.1) is 0 Å². The fourth-order valence-corrected chi connectivity index (χ4v) is 3.78. The van der Waals surface area contributed by atoms with Crippen LogP contribution in [0.25, 0.3) is 5.65 Å². The summed E-state index contributed by atoms with van der Waals surface area (Å²) >= 11 is 0. The highest BCUT2D eigenvalue weighted by Crippen LogP contribution is 2.35. The van der Waals surface area contributed by atoms with Crippen LogP contribution < -0.4 is 10.5 Å². The molecule has 146 valence electrons. The lowest BCUT2D eigenvalue weighted by Gasteiger charge is -2.44. The van der Waals surface area contributed by atoms with E-state index in [0.717, 1.165) is 36.1 Å². The number of nitrogens with zero attached hydrogens (tertiary/aromatic N) is 8. The molecule has 0 bridgehead atoms. The highest BCUT2D eigenvalue weighted by molar-refractivity contribution is 5.48. The fraction of sp³-hybridized carbons (Fsp3) is 0.526. The van der Waals surface area contributed by atoms with Crippen molar-refractivity contribution in [2.45, 2.75) is 37.8 Å². The Balaban J connectivity index is 1.26. The summed E-state index contributed by atoms with van der Waals surface area (Å²) in [6, 6.07) is 6.04. The van der Waals surface area contributed by atoms with E-state index in [1.165, 1.54) is 23.8 Å². The van der Waals surface area contributed by atoms with Crippen molar-refractivity contribution in [3.63, 3.8) is 0 Å². The molecule has 0 atom stereocenters. The molecule has 1 aliphatic carbocycles. The van der Waals surface area contributed by atoms with E-state index in [1.807, 2.05) is 16.6 Å². The SMILES string of the molecule is CN(Cc1cc(=O)n(C)cn1)C1CN(c2ccc3nnc(C4CCC4)n3n2)C1. The van der Waals surface area contributed by atoms with E-state index in [4.69, 9.17) is 5.10 Å². The van der Waals surface area contributed by atoms with Gasteiger partial charge in [-0.05, 0) is 32.0 Å². The maximum Gasteiger partial charge on any atom is 0.253 e. The van der Waals surface area contributed by atoms with E-state index >= 15 is 0 Å². The van der Waals surface area contributed by atoms with Gasteiger partial charge in [0.15, 0.2) is 11.5 Å². The molecule has 4 heterocycles. The highest BCUT2D eigenvalue weighted by Gasteiger charge is 2.32. The molecular formula is C19H24N8O. The molecule has 3 aromatic rings. The normalized spacial score (nSPS) is 17.9. The van der Waals surface area contributed by atoms with Gasteiger partial charge in [0.25, 0.3) is 5.56 Å². The Bertz CT molecular complexity index is 1060. The van der Waals surface area contributed by atoms with Gasteiger partial charge in [0.1, 0.15) is 5.82 Å². The van der Waals surface area contributed by atoms with Crippen LogP contribution in [0.5, 0.6) is 0 Å². The lowest BCUT2D eigenvalue weighted by atomic mass is 9.85. The monoisotopic (exact) mass is 380 g/mol. The van der Waals surface area contributed by atoms with Crippen LogP contribution in [0.1, 0.15) is 36.7 Å². The third-order valence-electron chi connectivity index (χ3n) is 6.00. The molecule has 0 N–H and O–H groups in total. The van der Waals surface area contributed by atoms with Crippen molar-refractivity contribution in [1.29, 1.82) is 0 Å². The second-order valence-corrected chi connectivity index (χ2v) is 7.95. The van der Waals surface area contributed by atoms with Crippen LogP contribution in [-0.4, -0.2) is 60.4 Å². The lowest BCUT2D eigenvalue weighted by Crippen LogP contribution is -2.58. The van der Waals surface area contributed by atoms with E-state index in [0.29, 0.717) is 18.5 Å². The topological polar surface area (TPSA) is 84.5 Å². The Morgan fingerprint density at radius 2 is 2.04 bits per heavy atom. The summed E-state index contributed by atoms with van der Waals surface area (Å²) in [4.78, 5) is 20.6. The minimum absolute atomic E-state index is 0.0256. The average molecular weight is 380 g/mol. The summed E-state index contributed by atoms with van der Waals surface area (Å²) in [7, 11) is 3.79. The van der Waals surface area contributed by atoms with Crippen molar-refractivity contribution >= 4 is 11.5 Å². The molecule has 1 aliphatic heterocycles. The zero-order chi connectivity index (χ0) is 19.3. The summed E-state index contributed by atoms with van der Waals surface area (Å²) in [6.45, 7) is 2.47. The largest absolute Gasteiger partial charge is 0.352 e. The zero-order valence-corrected chi connectivity index (χ0v) is 16.2. The molecule has 5 rings (SSSR count). The predicted octanol–water partition coefficient (Wildman–Crippen LogP) is 0.806. The first-order chi connectivity index (χ1) is 13.6. The second kappa shape index (κ2) is 6.66. The van der Waals surface area contributed by atoms with Crippen LogP contribution in [0.2, 0.25) is 0 Å². The van der Waals surface area contributed by atoms with Crippen molar-refractivity contribution in [1.82, 2.24) is 34.3 Å². The minimum Gasteiger partial charge on any atom is -0.352 e. The van der Waals surface area contributed by atoms with Gasteiger partial charge in [0.2, 0.25) is 0 Å². The molecule has 1 saturated carbocycles. The number of hydrogen-bond acceptors (Lipinski definition) is 7. The van der Waals surface area contributed by atoms with E-state index in [-0.39, 0.29) is 5.56 Å². The molecule has 28 heavy (non-hydrogen) atoms. The highest BCUT2D eigenvalue weighted by atomic mass is 16.1. The molecule has 0 aromatic carbocycles. The molecule has 1 saturated heterocycles. The Kier molecular flexibility index (Phi) is 4.12. The van der Waals surface area contributed by atoms with Crippen molar-refractivity contribution < 1.29 is 0 Å². The maximum atomic E-state index is 11.8. The molecular weight excluding hydrogens is 356 g/mol. The van der Waals surface area contributed by atoms with Crippen molar-refractivity contribution in [2.24, 2.45) is 7.05 Å². The lowest BCUT2D eigenvalue weighted by molar-refractivity contribution is 0.194. The first-order valence-electron chi connectivity index (χ1n) is 9.77. The summed E-state index contributed by atoms with van der Waals surface area (Å²) < 4.78 is 3.40. The van der Waals surface area contributed by atoms with Gasteiger partial charge in [-0.3, -0.25) is 9.69 Å². The van der Waals surface area contributed by atoms with Crippen LogP contribution >= 0.6 is 0 Å². The first kappa shape index (κ1) is 17.3. The van der Waals surface area contributed by atoms with Crippen LogP contribution in [0.15, 0.2) is 29.3 Å². The molecule has 2 fully saturated rings. The molecule has 0 unspecified atom stereocenters. The number of anilines is 1. The molecule has 0 amide bonds. The zero-order valence-electron chi connectivity index (χ0n) is 16.2. The van der Waals surface area contributed by atoms with Crippen molar-refractivity contribution in [3.8, 4) is 0 Å². The fourth-order valence-electron chi connectivity index (χ4n) is 3.78. The Morgan fingerprint density at radius 1 is 1.21 bits per heavy atom. The Labute approximate surface area is 162 Å². The van der Waals surface area contributed by atoms with E-state index < -0.39 is 0 Å². The van der Waals surface area contributed by atoms with Gasteiger partial charge in [-0.1, -0.05) is 6.42 Å². The Hall–Kier alpha value is -2.81. The van der Waals surface area contributed by atoms with Crippen LogP contribution in [0.4, 0.5) is 5.82 Å². The van der Waals surface area contributed by atoms with Crippen LogP contribution in [0.3, 0.4) is 0 Å². The molecule has 0 radical (unpaired) electrons. The van der Waals surface area contributed by atoms with E-state index in [1.54, 1.807) is 19.4 Å². The molecule has 0 spiro atoms. The average Bonchev–Trinajstić information content (AvgIpc) is 2.99. The summed E-state index contributed by atoms with van der Waals surface area (Å²) in [6.07, 6.45) is 5.21. The van der Waals surface area contributed by atoms with Crippen molar-refractivity contribution in [3.05, 3.63) is 46.4 Å². The first-order valence-corrected chi connectivity index (χ1v) is 9.77. The quantitative estimate of drug-likeness (QED) is 0.647. The van der Waals surface area contributed by atoms with Crippen LogP contribution in [-0.2, 0) is 13.6 Å². The standard InChI is InChI=1S/C19H24N8O/c1-24(9-14-8-18(28)25(2)12-20-14)15-10-26(11-15)17-7-6-16-21-22-19(27(16)23-17)13-4-3-5-13/h6-8,12-13,15H,3-5,9-11H2,1-2H3. The summed E-state index contributed by atoms with van der Waals surface area (Å²) in [5.74, 6) is 2.46. The maximum absolute atomic E-state index is 11.8. The van der Waals surface area contributed by atoms with E-state index in [2.05, 4.69) is 32.0 Å². The second-order valence-electron chi connectivity index (χ2n) is 7.95. The molecule has 9 heteroatoms. The van der Waals surface area contributed by atoms with Gasteiger partial charge in [0.05, 0.1) is 12.0 Å². The van der Waals surface area contributed by atoms with E-state index in [9.17, 15) is 4.79 Å². The third kappa shape index (κ3) is 2.95. The molecule has 9 nitrogen and oxygen atoms in total.